The van der Waals surface area contributed by atoms with Gasteiger partial charge < -0.3 is 25.8 Å². The van der Waals surface area contributed by atoms with Crippen LogP contribution in [0.4, 0.5) is 11.5 Å². The highest BCUT2D eigenvalue weighted by Gasteiger charge is 2.40. The van der Waals surface area contributed by atoms with Crippen LogP contribution in [0.15, 0.2) is 66.9 Å². The lowest BCUT2D eigenvalue weighted by molar-refractivity contribution is -0.148. The summed E-state index contributed by atoms with van der Waals surface area (Å²) in [7, 11) is 1.87. The Morgan fingerprint density at radius 2 is 1.60 bits per heavy atom. The maximum Gasteiger partial charge on any atom is 0.244 e. The molecule has 1 aromatic heterocycles. The van der Waals surface area contributed by atoms with Gasteiger partial charge in [-0.05, 0) is 72.8 Å². The van der Waals surface area contributed by atoms with Crippen LogP contribution in [0.3, 0.4) is 0 Å². The summed E-state index contributed by atoms with van der Waals surface area (Å²) in [5.74, 6) is -0.148. The molecule has 1 aliphatic heterocycles. The molecule has 1 aliphatic rings. The molecule has 0 atom stereocenters. The van der Waals surface area contributed by atoms with Crippen molar-refractivity contribution < 1.29 is 19.2 Å². The molecule has 45 heavy (non-hydrogen) atoms. The van der Waals surface area contributed by atoms with Crippen molar-refractivity contribution in [3.63, 3.8) is 0 Å². The first kappa shape index (κ1) is 33.3. The maximum absolute atomic E-state index is 14.1. The van der Waals surface area contributed by atoms with Crippen LogP contribution in [0, 0.1) is 5.41 Å². The zero-order chi connectivity index (χ0) is 32.4. The van der Waals surface area contributed by atoms with Crippen molar-refractivity contribution in [3.05, 3.63) is 89.1 Å². The summed E-state index contributed by atoms with van der Waals surface area (Å²) in [6.07, 6.45) is 3.54. The third-order valence-electron chi connectivity index (χ3n) is 8.45. The van der Waals surface area contributed by atoms with E-state index >= 15 is 0 Å². The number of likely N-dealkylation sites (tertiary alicyclic amines) is 1. The van der Waals surface area contributed by atoms with Crippen LogP contribution in [0.5, 0.6) is 0 Å². The maximum atomic E-state index is 14.1. The fourth-order valence-electron chi connectivity index (χ4n) is 5.77. The van der Waals surface area contributed by atoms with Gasteiger partial charge in [0.1, 0.15) is 12.4 Å². The highest BCUT2D eigenvalue weighted by atomic mass is 16.2. The molecular formula is C35H44N6O4. The molecule has 238 valence electrons. The van der Waals surface area contributed by atoms with Crippen molar-refractivity contribution in [2.45, 2.75) is 59.5 Å². The lowest BCUT2D eigenvalue weighted by Gasteiger charge is -2.40. The minimum atomic E-state index is -0.693. The number of carbonyl (C=O) groups excluding carboxylic acids is 4. The third kappa shape index (κ3) is 8.98. The van der Waals surface area contributed by atoms with E-state index in [1.165, 1.54) is 0 Å². The molecule has 4 rings (SSSR count). The van der Waals surface area contributed by atoms with Gasteiger partial charge in [0.2, 0.25) is 23.6 Å². The lowest BCUT2D eigenvalue weighted by Crippen LogP contribution is -2.51. The molecule has 0 unspecified atom stereocenters. The summed E-state index contributed by atoms with van der Waals surface area (Å²) in [5.41, 5.74) is 3.70. The molecule has 2 heterocycles. The van der Waals surface area contributed by atoms with Gasteiger partial charge in [0.15, 0.2) is 0 Å². The summed E-state index contributed by atoms with van der Waals surface area (Å²) < 4.78 is 0. The molecule has 0 spiro atoms. The number of nitrogens with zero attached hydrogens (tertiary/aromatic N) is 3. The van der Waals surface area contributed by atoms with Crippen molar-refractivity contribution in [3.8, 4) is 0 Å². The minimum absolute atomic E-state index is 0.00407. The van der Waals surface area contributed by atoms with Crippen molar-refractivity contribution in [1.82, 2.24) is 20.1 Å². The van der Waals surface area contributed by atoms with E-state index in [1.807, 2.05) is 63.4 Å². The van der Waals surface area contributed by atoms with Crippen LogP contribution in [0.25, 0.3) is 0 Å². The number of pyridine rings is 1. The van der Waals surface area contributed by atoms with Crippen LogP contribution >= 0.6 is 0 Å². The largest absolute Gasteiger partial charge is 0.343 e. The lowest BCUT2D eigenvalue weighted by atomic mass is 9.78. The van der Waals surface area contributed by atoms with Gasteiger partial charge in [-0.3, -0.25) is 19.2 Å². The second-order valence-corrected chi connectivity index (χ2v) is 11.9. The Bertz CT molecular complexity index is 1500. The van der Waals surface area contributed by atoms with Gasteiger partial charge in [0.05, 0.1) is 6.42 Å². The highest BCUT2D eigenvalue weighted by molar-refractivity contribution is 5.96. The monoisotopic (exact) mass is 612 g/mol. The van der Waals surface area contributed by atoms with E-state index in [0.717, 1.165) is 28.7 Å². The van der Waals surface area contributed by atoms with E-state index in [2.05, 4.69) is 20.9 Å². The number of aryl methyl sites for hydroxylation is 1. The Kier molecular flexibility index (Phi) is 11.4. The molecule has 3 aromatic rings. The van der Waals surface area contributed by atoms with E-state index in [4.69, 9.17) is 0 Å². The van der Waals surface area contributed by atoms with Gasteiger partial charge in [0.25, 0.3) is 0 Å². The van der Waals surface area contributed by atoms with Crippen molar-refractivity contribution in [2.75, 3.05) is 37.3 Å². The zero-order valence-corrected chi connectivity index (χ0v) is 26.7. The number of amides is 4. The Balaban J connectivity index is 1.51. The van der Waals surface area contributed by atoms with Crippen LogP contribution in [-0.4, -0.2) is 65.1 Å². The number of rotatable bonds is 12. The standard InChI is InChI=1S/C35H44N6O4/c1-5-26-13-14-30(20-29(26)21-32(43)39-31-12-8-9-17-37-31)38-33(44)24-41(23-28-11-7-6-10-27(28)22-36-4)34(45)35(3)15-18-40(19-16-35)25(2)42/h6-14,17,20,36H,5,15-16,18-19,21-24H2,1-4H3,(H,38,44)(H,37,39,43). The number of nitrogens with one attached hydrogen (secondary N) is 3. The number of piperidine rings is 1. The molecule has 0 aliphatic carbocycles. The predicted octanol–water partition coefficient (Wildman–Crippen LogP) is 4.16. The number of hydrogen-bond acceptors (Lipinski definition) is 6. The minimum Gasteiger partial charge on any atom is -0.343 e. The van der Waals surface area contributed by atoms with Gasteiger partial charge in [0, 0.05) is 50.4 Å². The fourth-order valence-corrected chi connectivity index (χ4v) is 5.77. The summed E-state index contributed by atoms with van der Waals surface area (Å²) in [5, 5.41) is 8.95. The molecule has 0 radical (unpaired) electrons. The number of hydrogen-bond donors (Lipinski definition) is 3. The third-order valence-corrected chi connectivity index (χ3v) is 8.45. The van der Waals surface area contributed by atoms with E-state index in [-0.39, 0.29) is 43.1 Å². The highest BCUT2D eigenvalue weighted by Crippen LogP contribution is 2.34. The average Bonchev–Trinajstić information content (AvgIpc) is 3.02. The first-order valence-electron chi connectivity index (χ1n) is 15.5. The fraction of sp³-hybridized carbons (Fsp3) is 0.400. The summed E-state index contributed by atoms with van der Waals surface area (Å²) in [6.45, 7) is 7.30. The summed E-state index contributed by atoms with van der Waals surface area (Å²) >= 11 is 0. The Hall–Kier alpha value is -4.57. The molecule has 1 saturated heterocycles. The van der Waals surface area contributed by atoms with Gasteiger partial charge in [-0.15, -0.1) is 0 Å². The molecule has 10 heteroatoms. The number of benzene rings is 2. The number of aromatic nitrogens is 1. The van der Waals surface area contributed by atoms with Gasteiger partial charge >= 0.3 is 0 Å². The SMILES string of the molecule is CCc1ccc(NC(=O)CN(Cc2ccccc2CNC)C(=O)C2(C)CCN(C(C)=O)CC2)cc1CC(=O)Nc1ccccn1. The molecule has 1 fully saturated rings. The summed E-state index contributed by atoms with van der Waals surface area (Å²) in [4.78, 5) is 59.9. The first-order chi connectivity index (χ1) is 21.6. The van der Waals surface area contributed by atoms with Gasteiger partial charge in [-0.2, -0.15) is 0 Å². The molecule has 4 amide bonds. The Morgan fingerprint density at radius 3 is 2.24 bits per heavy atom. The van der Waals surface area contributed by atoms with Gasteiger partial charge in [-0.1, -0.05) is 50.2 Å². The van der Waals surface area contributed by atoms with Crippen LogP contribution in [-0.2, 0) is 45.1 Å². The normalized spacial score (nSPS) is 14.0. The molecule has 3 N–H and O–H groups in total. The Labute approximate surface area is 265 Å². The van der Waals surface area contributed by atoms with Crippen LogP contribution in [0.2, 0.25) is 0 Å². The van der Waals surface area contributed by atoms with E-state index in [1.54, 1.807) is 41.1 Å². The Morgan fingerprint density at radius 1 is 0.889 bits per heavy atom. The second-order valence-electron chi connectivity index (χ2n) is 11.9. The molecule has 0 saturated carbocycles. The molecular weight excluding hydrogens is 568 g/mol. The second kappa shape index (κ2) is 15.4. The van der Waals surface area contributed by atoms with Crippen molar-refractivity contribution in [2.24, 2.45) is 5.41 Å². The average molecular weight is 613 g/mol. The first-order valence-corrected chi connectivity index (χ1v) is 15.5. The van der Waals surface area contributed by atoms with Crippen LogP contribution < -0.4 is 16.0 Å². The summed E-state index contributed by atoms with van der Waals surface area (Å²) in [6, 6.07) is 18.8. The number of anilines is 2. The predicted molar refractivity (Wildman–Crippen MR) is 175 cm³/mol. The van der Waals surface area contributed by atoms with E-state index in [0.29, 0.717) is 44.0 Å². The molecule has 0 bridgehead atoms. The van der Waals surface area contributed by atoms with E-state index in [9.17, 15) is 19.2 Å². The van der Waals surface area contributed by atoms with Crippen molar-refractivity contribution >= 4 is 35.1 Å². The molecule has 2 aromatic carbocycles. The van der Waals surface area contributed by atoms with Gasteiger partial charge in [-0.25, -0.2) is 4.98 Å². The topological polar surface area (TPSA) is 124 Å². The zero-order valence-electron chi connectivity index (χ0n) is 26.7. The smallest absolute Gasteiger partial charge is 0.244 e. The van der Waals surface area contributed by atoms with Crippen LogP contribution in [0.1, 0.15) is 55.9 Å². The van der Waals surface area contributed by atoms with Crippen molar-refractivity contribution in [1.29, 1.82) is 0 Å². The number of carbonyl (C=O) groups is 4. The van der Waals surface area contributed by atoms with E-state index < -0.39 is 5.41 Å². The molecule has 10 nitrogen and oxygen atoms in total. The quantitative estimate of drug-likeness (QED) is 0.282.